The minimum atomic E-state index is 0.236. The molecular weight excluding hydrogens is 168 g/mol. The van der Waals surface area contributed by atoms with Gasteiger partial charge in [-0.2, -0.15) is 0 Å². The summed E-state index contributed by atoms with van der Waals surface area (Å²) in [5.41, 5.74) is 0. The maximum Gasteiger partial charge on any atom is 0.0894 e. The topological polar surface area (TPSA) is 27.7 Å². The summed E-state index contributed by atoms with van der Waals surface area (Å²) in [6, 6.07) is 0. The van der Waals surface area contributed by atoms with E-state index >= 15 is 0 Å². The van der Waals surface area contributed by atoms with E-state index in [9.17, 15) is 0 Å². The molecule has 2 aliphatic rings. The highest BCUT2D eigenvalue weighted by Gasteiger charge is 2.49. The van der Waals surface area contributed by atoms with Crippen molar-refractivity contribution in [2.75, 3.05) is 14.2 Å². The molecule has 0 bridgehead atoms. The quantitative estimate of drug-likeness (QED) is 0.649. The van der Waals surface area contributed by atoms with E-state index in [1.54, 1.807) is 14.2 Å². The largest absolute Gasteiger partial charge is 0.381 e. The summed E-state index contributed by atoms with van der Waals surface area (Å²) in [4.78, 5) is 0. The van der Waals surface area contributed by atoms with Crippen LogP contribution in [0.3, 0.4) is 0 Å². The summed E-state index contributed by atoms with van der Waals surface area (Å²) in [5.74, 6) is 0.546. The Labute approximate surface area is 79.4 Å². The first-order valence-electron chi connectivity index (χ1n) is 4.97. The lowest BCUT2D eigenvalue weighted by atomic mass is 10.00. The van der Waals surface area contributed by atoms with Crippen molar-refractivity contribution >= 4 is 0 Å². The SMILES string of the molecule is COC1C[C@H](OC)[C@@H]2O[C@H](C)CC12. The maximum atomic E-state index is 5.82. The normalized spacial score (nSPS) is 49.6. The number of rotatable bonds is 2. The molecule has 0 N–H and O–H groups in total. The standard InChI is InChI=1S/C10H18O3/c1-6-4-7-8(11-2)5-9(12-3)10(7)13-6/h6-10H,4-5H2,1-3H3/t6-,7?,8?,9+,10-/m1/s1. The molecule has 3 heteroatoms. The van der Waals surface area contributed by atoms with Gasteiger partial charge in [0.2, 0.25) is 0 Å². The van der Waals surface area contributed by atoms with Crippen molar-refractivity contribution in [1.82, 2.24) is 0 Å². The van der Waals surface area contributed by atoms with Crippen LogP contribution in [0.4, 0.5) is 0 Å². The van der Waals surface area contributed by atoms with Crippen LogP contribution in [0.2, 0.25) is 0 Å². The molecule has 2 rings (SSSR count). The fourth-order valence-electron chi connectivity index (χ4n) is 2.71. The van der Waals surface area contributed by atoms with E-state index in [0.29, 0.717) is 18.1 Å². The minimum absolute atomic E-state index is 0.236. The van der Waals surface area contributed by atoms with E-state index in [0.717, 1.165) is 12.8 Å². The van der Waals surface area contributed by atoms with Crippen LogP contribution in [0.1, 0.15) is 19.8 Å². The molecule has 0 radical (unpaired) electrons. The predicted octanol–water partition coefficient (Wildman–Crippen LogP) is 1.21. The van der Waals surface area contributed by atoms with Crippen LogP contribution in [0.5, 0.6) is 0 Å². The number of methoxy groups -OCH3 is 2. The molecule has 5 atom stereocenters. The first-order valence-corrected chi connectivity index (χ1v) is 4.97. The van der Waals surface area contributed by atoms with E-state index < -0.39 is 0 Å². The summed E-state index contributed by atoms with van der Waals surface area (Å²) < 4.78 is 16.7. The van der Waals surface area contributed by atoms with Gasteiger partial charge >= 0.3 is 0 Å². The predicted molar refractivity (Wildman–Crippen MR) is 48.7 cm³/mol. The van der Waals surface area contributed by atoms with Crippen molar-refractivity contribution in [3.8, 4) is 0 Å². The molecule has 3 nitrogen and oxygen atoms in total. The Kier molecular flexibility index (Phi) is 2.58. The van der Waals surface area contributed by atoms with Crippen LogP contribution in [-0.4, -0.2) is 38.6 Å². The van der Waals surface area contributed by atoms with E-state index in [1.165, 1.54) is 0 Å². The molecule has 1 aliphatic heterocycles. The van der Waals surface area contributed by atoms with Gasteiger partial charge < -0.3 is 14.2 Å². The van der Waals surface area contributed by atoms with Gasteiger partial charge in [0.25, 0.3) is 0 Å². The molecule has 76 valence electrons. The zero-order valence-corrected chi connectivity index (χ0v) is 8.53. The van der Waals surface area contributed by atoms with Gasteiger partial charge in [-0.1, -0.05) is 0 Å². The molecule has 0 spiro atoms. The molecule has 0 aromatic rings. The van der Waals surface area contributed by atoms with Crippen LogP contribution in [-0.2, 0) is 14.2 Å². The van der Waals surface area contributed by atoms with Gasteiger partial charge in [0.1, 0.15) is 0 Å². The summed E-state index contributed by atoms with van der Waals surface area (Å²) in [6.07, 6.45) is 3.30. The molecule has 1 saturated carbocycles. The van der Waals surface area contributed by atoms with Crippen molar-refractivity contribution < 1.29 is 14.2 Å². The van der Waals surface area contributed by atoms with Crippen molar-refractivity contribution in [3.63, 3.8) is 0 Å². The van der Waals surface area contributed by atoms with Crippen LogP contribution < -0.4 is 0 Å². The Morgan fingerprint density at radius 2 is 1.77 bits per heavy atom. The van der Waals surface area contributed by atoms with E-state index in [1.807, 2.05) is 0 Å². The van der Waals surface area contributed by atoms with Gasteiger partial charge in [0.05, 0.1) is 24.4 Å². The van der Waals surface area contributed by atoms with E-state index in [-0.39, 0.29) is 12.2 Å². The minimum Gasteiger partial charge on any atom is -0.381 e. The lowest BCUT2D eigenvalue weighted by Gasteiger charge is -2.16. The lowest BCUT2D eigenvalue weighted by molar-refractivity contribution is -0.0406. The number of ether oxygens (including phenoxy) is 3. The third-order valence-corrected chi connectivity index (χ3v) is 3.33. The molecular formula is C10H18O3. The average molecular weight is 186 g/mol. The van der Waals surface area contributed by atoms with Crippen molar-refractivity contribution in [2.24, 2.45) is 5.92 Å². The van der Waals surface area contributed by atoms with Crippen LogP contribution in [0.15, 0.2) is 0 Å². The van der Waals surface area contributed by atoms with Gasteiger partial charge in [-0.15, -0.1) is 0 Å². The second-order valence-corrected chi connectivity index (χ2v) is 4.09. The Hall–Kier alpha value is -0.120. The van der Waals surface area contributed by atoms with Crippen molar-refractivity contribution in [3.05, 3.63) is 0 Å². The molecule has 1 aliphatic carbocycles. The summed E-state index contributed by atoms with van der Waals surface area (Å²) in [7, 11) is 3.54. The number of hydrogen-bond acceptors (Lipinski definition) is 3. The second-order valence-electron chi connectivity index (χ2n) is 4.09. The maximum absolute atomic E-state index is 5.82. The molecule has 0 aromatic heterocycles. The zero-order chi connectivity index (χ0) is 9.42. The van der Waals surface area contributed by atoms with Gasteiger partial charge in [-0.05, 0) is 13.3 Å². The summed E-state index contributed by atoms with van der Waals surface area (Å²) in [6.45, 7) is 2.12. The van der Waals surface area contributed by atoms with Gasteiger partial charge in [-0.3, -0.25) is 0 Å². The molecule has 2 unspecified atom stereocenters. The summed E-state index contributed by atoms with van der Waals surface area (Å²) >= 11 is 0. The summed E-state index contributed by atoms with van der Waals surface area (Å²) in [5, 5.41) is 0. The van der Waals surface area contributed by atoms with E-state index in [4.69, 9.17) is 14.2 Å². The Morgan fingerprint density at radius 1 is 1.08 bits per heavy atom. The number of hydrogen-bond donors (Lipinski definition) is 0. The Bertz CT molecular complexity index is 165. The lowest BCUT2D eigenvalue weighted by Crippen LogP contribution is -2.26. The van der Waals surface area contributed by atoms with Crippen LogP contribution in [0, 0.1) is 5.92 Å². The van der Waals surface area contributed by atoms with Crippen molar-refractivity contribution in [2.45, 2.75) is 44.2 Å². The number of fused-ring (bicyclic) bond motifs is 1. The van der Waals surface area contributed by atoms with E-state index in [2.05, 4.69) is 6.92 Å². The first kappa shape index (κ1) is 9.44. The Morgan fingerprint density at radius 3 is 2.38 bits per heavy atom. The molecule has 2 fully saturated rings. The molecule has 0 amide bonds. The van der Waals surface area contributed by atoms with Gasteiger partial charge in [-0.25, -0.2) is 0 Å². The van der Waals surface area contributed by atoms with Gasteiger partial charge in [0, 0.05) is 26.6 Å². The molecule has 13 heavy (non-hydrogen) atoms. The van der Waals surface area contributed by atoms with Crippen molar-refractivity contribution in [1.29, 1.82) is 0 Å². The third-order valence-electron chi connectivity index (χ3n) is 3.33. The van der Waals surface area contributed by atoms with Crippen LogP contribution >= 0.6 is 0 Å². The average Bonchev–Trinajstić information content (AvgIpc) is 2.61. The fourth-order valence-corrected chi connectivity index (χ4v) is 2.71. The third kappa shape index (κ3) is 1.49. The molecule has 0 aromatic carbocycles. The highest BCUT2D eigenvalue weighted by atomic mass is 16.6. The second kappa shape index (κ2) is 3.56. The first-order chi connectivity index (χ1) is 6.26. The molecule has 1 heterocycles. The zero-order valence-electron chi connectivity index (χ0n) is 8.53. The highest BCUT2D eigenvalue weighted by Crippen LogP contribution is 2.41. The molecule has 1 saturated heterocycles. The fraction of sp³-hybridized carbons (Fsp3) is 1.00. The Balaban J connectivity index is 2.07. The highest BCUT2D eigenvalue weighted by molar-refractivity contribution is 4.98. The van der Waals surface area contributed by atoms with Crippen LogP contribution in [0.25, 0.3) is 0 Å². The van der Waals surface area contributed by atoms with Gasteiger partial charge in [0.15, 0.2) is 0 Å². The smallest absolute Gasteiger partial charge is 0.0894 e. The monoisotopic (exact) mass is 186 g/mol.